The van der Waals surface area contributed by atoms with Gasteiger partial charge in [-0.15, -0.1) is 0 Å². The molecule has 2 amide bonds. The molecule has 3 aromatic carbocycles. The fraction of sp³-hybridized carbons (Fsp3) is 0.281. The lowest BCUT2D eigenvalue weighted by Gasteiger charge is -2.26. The summed E-state index contributed by atoms with van der Waals surface area (Å²) in [5.74, 6) is -1.07. The molecule has 0 saturated carbocycles. The van der Waals surface area contributed by atoms with Crippen LogP contribution in [0.3, 0.4) is 0 Å². The van der Waals surface area contributed by atoms with Crippen LogP contribution in [0.4, 0.5) is 20.6 Å². The van der Waals surface area contributed by atoms with Crippen LogP contribution >= 0.6 is 0 Å². The molecule has 224 valence electrons. The highest BCUT2D eigenvalue weighted by Gasteiger charge is 2.23. The molecule has 2 N–H and O–H groups in total. The summed E-state index contributed by atoms with van der Waals surface area (Å²) in [5, 5.41) is 9.49. The summed E-state index contributed by atoms with van der Waals surface area (Å²) in [6.45, 7) is 10.8. The molecule has 1 heterocycles. The number of carbonyl (C=O) groups is 3. The number of carbonyl (C=O) groups excluding carboxylic acids is 3. The van der Waals surface area contributed by atoms with Gasteiger partial charge in [-0.05, 0) is 77.4 Å². The second kappa shape index (κ2) is 12.4. The second-order valence-electron chi connectivity index (χ2n) is 11.8. The fourth-order valence-electron chi connectivity index (χ4n) is 4.08. The van der Waals surface area contributed by atoms with E-state index in [0.29, 0.717) is 28.1 Å². The zero-order valence-electron chi connectivity index (χ0n) is 24.9. The van der Waals surface area contributed by atoms with E-state index >= 15 is 0 Å². The molecule has 4 rings (SSSR count). The summed E-state index contributed by atoms with van der Waals surface area (Å²) in [6, 6.07) is 15.6. The van der Waals surface area contributed by atoms with Crippen molar-refractivity contribution in [2.24, 2.45) is 0 Å². The monoisotopic (exact) mass is 587 g/mol. The average molecular weight is 588 g/mol. The van der Waals surface area contributed by atoms with Crippen LogP contribution in [-0.4, -0.2) is 43.8 Å². The van der Waals surface area contributed by atoms with Gasteiger partial charge in [0, 0.05) is 17.2 Å². The van der Waals surface area contributed by atoms with Crippen LogP contribution in [0.25, 0.3) is 16.8 Å². The lowest BCUT2D eigenvalue weighted by atomic mass is 10.0. The molecule has 0 saturated heterocycles. The first-order valence-corrected chi connectivity index (χ1v) is 13.6. The Kier molecular flexibility index (Phi) is 8.93. The SMILES string of the molecule is CC(C)(C)OC(=O)Nc1cc(OC(C)(C)C)c(-c2ccc(F)cc2)cc1NC(=O)CC(=O)c1cccc(-n2cncn2)c1. The Morgan fingerprint density at radius 3 is 2.21 bits per heavy atom. The van der Waals surface area contributed by atoms with Gasteiger partial charge < -0.3 is 14.8 Å². The van der Waals surface area contributed by atoms with Gasteiger partial charge in [-0.25, -0.2) is 18.9 Å². The van der Waals surface area contributed by atoms with Crippen LogP contribution < -0.4 is 15.4 Å². The zero-order valence-corrected chi connectivity index (χ0v) is 24.9. The van der Waals surface area contributed by atoms with Gasteiger partial charge in [0.1, 0.15) is 35.4 Å². The number of hydrogen-bond acceptors (Lipinski definition) is 7. The molecular weight excluding hydrogens is 553 g/mol. The lowest BCUT2D eigenvalue weighted by Crippen LogP contribution is -2.28. The molecule has 0 fully saturated rings. The number of amides is 2. The van der Waals surface area contributed by atoms with Crippen LogP contribution in [0.1, 0.15) is 58.3 Å². The molecule has 0 unspecified atom stereocenters. The predicted octanol–water partition coefficient (Wildman–Crippen LogP) is 6.81. The van der Waals surface area contributed by atoms with Crippen LogP contribution in [0.2, 0.25) is 0 Å². The van der Waals surface area contributed by atoms with Crippen LogP contribution in [0.5, 0.6) is 5.75 Å². The largest absolute Gasteiger partial charge is 0.487 e. The van der Waals surface area contributed by atoms with Crippen molar-refractivity contribution in [2.45, 2.75) is 59.2 Å². The quantitative estimate of drug-likeness (QED) is 0.171. The van der Waals surface area contributed by atoms with Gasteiger partial charge in [0.15, 0.2) is 5.78 Å². The van der Waals surface area contributed by atoms with E-state index in [0.717, 1.165) is 0 Å². The molecule has 43 heavy (non-hydrogen) atoms. The summed E-state index contributed by atoms with van der Waals surface area (Å²) in [7, 11) is 0. The van der Waals surface area contributed by atoms with E-state index < -0.39 is 41.2 Å². The number of anilines is 2. The van der Waals surface area contributed by atoms with Gasteiger partial charge in [-0.3, -0.25) is 14.9 Å². The summed E-state index contributed by atoms with van der Waals surface area (Å²) >= 11 is 0. The number of hydrogen-bond donors (Lipinski definition) is 2. The third-order valence-electron chi connectivity index (χ3n) is 5.77. The van der Waals surface area contributed by atoms with Crippen molar-refractivity contribution in [1.82, 2.24) is 14.8 Å². The lowest BCUT2D eigenvalue weighted by molar-refractivity contribution is -0.115. The number of Topliss-reactive ketones (excluding diaryl/α,β-unsaturated/α-hetero) is 1. The number of nitrogens with zero attached hydrogens (tertiary/aromatic N) is 3. The minimum atomic E-state index is -0.778. The first-order chi connectivity index (χ1) is 20.2. The minimum Gasteiger partial charge on any atom is -0.487 e. The molecule has 4 aromatic rings. The number of aromatic nitrogens is 3. The summed E-state index contributed by atoms with van der Waals surface area (Å²) in [6.07, 6.45) is 1.66. The molecule has 0 aliphatic heterocycles. The van der Waals surface area contributed by atoms with Crippen LogP contribution in [0, 0.1) is 5.82 Å². The average Bonchev–Trinajstić information content (AvgIpc) is 3.44. The number of halogens is 1. The van der Waals surface area contributed by atoms with E-state index in [2.05, 4.69) is 20.7 Å². The van der Waals surface area contributed by atoms with Crippen LogP contribution in [0.15, 0.2) is 73.3 Å². The topological polar surface area (TPSA) is 124 Å². The van der Waals surface area contributed by atoms with Crippen molar-refractivity contribution < 1.29 is 28.2 Å². The second-order valence-corrected chi connectivity index (χ2v) is 11.8. The molecule has 0 aliphatic carbocycles. The summed E-state index contributed by atoms with van der Waals surface area (Å²) in [5.41, 5.74) is 1.05. The number of rotatable bonds is 8. The highest BCUT2D eigenvalue weighted by atomic mass is 19.1. The molecule has 11 heteroatoms. The van der Waals surface area contributed by atoms with Crippen LogP contribution in [-0.2, 0) is 9.53 Å². The first-order valence-electron chi connectivity index (χ1n) is 13.6. The third-order valence-corrected chi connectivity index (χ3v) is 5.77. The summed E-state index contributed by atoms with van der Waals surface area (Å²) < 4.78 is 26.9. The summed E-state index contributed by atoms with van der Waals surface area (Å²) in [4.78, 5) is 42.9. The number of nitrogens with one attached hydrogen (secondary N) is 2. The van der Waals surface area contributed by atoms with E-state index in [1.54, 1.807) is 69.3 Å². The Morgan fingerprint density at radius 2 is 1.58 bits per heavy atom. The first kappa shape index (κ1) is 30.9. The fourth-order valence-corrected chi connectivity index (χ4v) is 4.08. The minimum absolute atomic E-state index is 0.188. The maximum Gasteiger partial charge on any atom is 0.412 e. The predicted molar refractivity (Wildman–Crippen MR) is 161 cm³/mol. The Bertz CT molecular complexity index is 1620. The van der Waals surface area contributed by atoms with Crippen molar-refractivity contribution in [1.29, 1.82) is 0 Å². The van der Waals surface area contributed by atoms with E-state index in [-0.39, 0.29) is 11.4 Å². The molecule has 10 nitrogen and oxygen atoms in total. The third kappa shape index (κ3) is 8.71. The molecule has 0 radical (unpaired) electrons. The molecule has 0 atom stereocenters. The number of ether oxygens (including phenoxy) is 2. The van der Waals surface area contributed by atoms with E-state index in [9.17, 15) is 18.8 Å². The van der Waals surface area contributed by atoms with Crippen molar-refractivity contribution in [2.75, 3.05) is 10.6 Å². The van der Waals surface area contributed by atoms with Gasteiger partial charge >= 0.3 is 6.09 Å². The van der Waals surface area contributed by atoms with Gasteiger partial charge in [-0.2, -0.15) is 5.10 Å². The Morgan fingerprint density at radius 1 is 0.884 bits per heavy atom. The smallest absolute Gasteiger partial charge is 0.412 e. The van der Waals surface area contributed by atoms with E-state index in [4.69, 9.17) is 9.47 Å². The highest BCUT2D eigenvalue weighted by molar-refractivity contribution is 6.12. The van der Waals surface area contributed by atoms with Crippen molar-refractivity contribution >= 4 is 29.2 Å². The van der Waals surface area contributed by atoms with Gasteiger partial charge in [0.2, 0.25) is 5.91 Å². The van der Waals surface area contributed by atoms with Crippen molar-refractivity contribution in [3.63, 3.8) is 0 Å². The molecule has 0 aliphatic rings. The Balaban J connectivity index is 1.68. The van der Waals surface area contributed by atoms with E-state index in [1.165, 1.54) is 29.5 Å². The highest BCUT2D eigenvalue weighted by Crippen LogP contribution is 2.40. The van der Waals surface area contributed by atoms with Gasteiger partial charge in [-0.1, -0.05) is 24.3 Å². The number of benzene rings is 3. The Hall–Kier alpha value is -5.06. The molecule has 1 aromatic heterocycles. The van der Waals surface area contributed by atoms with Gasteiger partial charge in [0.05, 0.1) is 23.5 Å². The maximum absolute atomic E-state index is 13.7. The maximum atomic E-state index is 13.7. The molecular formula is C32H34FN5O5. The molecule has 0 bridgehead atoms. The normalized spacial score (nSPS) is 11.5. The van der Waals surface area contributed by atoms with Crippen molar-refractivity contribution in [3.05, 3.63) is 84.7 Å². The number of ketones is 1. The zero-order chi connectivity index (χ0) is 31.4. The van der Waals surface area contributed by atoms with Gasteiger partial charge in [0.25, 0.3) is 0 Å². The standard InChI is InChI=1S/C32H34FN5O5/c1-31(2,3)42-28-16-26(37-30(41)43-32(4,5)6)25(15-24(28)20-10-12-22(33)13-11-20)36-29(40)17-27(39)21-8-7-9-23(14-21)38-19-34-18-35-38/h7-16,18-19H,17H2,1-6H3,(H,36,40)(H,37,41). The molecule has 0 spiro atoms. The van der Waals surface area contributed by atoms with E-state index in [1.807, 2.05) is 20.8 Å². The van der Waals surface area contributed by atoms with Crippen molar-refractivity contribution in [3.8, 4) is 22.6 Å². The Labute approximate surface area is 249 Å².